The molecule has 1 aromatic heterocycles. The molecule has 92 valence electrons. The molecule has 1 heterocycles. The molecule has 0 saturated heterocycles. The monoisotopic (exact) mass is 307 g/mol. The van der Waals surface area contributed by atoms with E-state index in [0.717, 1.165) is 10.0 Å². The van der Waals surface area contributed by atoms with E-state index in [1.807, 2.05) is 30.3 Å². The molecule has 0 fully saturated rings. The summed E-state index contributed by atoms with van der Waals surface area (Å²) in [4.78, 5) is 15.0. The van der Waals surface area contributed by atoms with Crippen LogP contribution in [0, 0.1) is 0 Å². The van der Waals surface area contributed by atoms with Gasteiger partial charge in [-0.3, -0.25) is 0 Å². The van der Waals surface area contributed by atoms with Crippen LogP contribution in [0.1, 0.15) is 12.7 Å². The fourth-order valence-corrected chi connectivity index (χ4v) is 1.86. The summed E-state index contributed by atoms with van der Waals surface area (Å²) < 4.78 is 6.51. The molecule has 0 atom stereocenters. The first-order valence-electron chi connectivity index (χ1n) is 5.22. The Bertz CT molecular complexity index is 589. The Labute approximate surface area is 112 Å². The zero-order chi connectivity index (χ0) is 13.0. The van der Waals surface area contributed by atoms with Gasteiger partial charge in [0.1, 0.15) is 17.7 Å². The molecule has 0 aliphatic heterocycles. The third-order valence-electron chi connectivity index (χ3n) is 2.13. The van der Waals surface area contributed by atoms with Gasteiger partial charge in [-0.1, -0.05) is 39.3 Å². The van der Waals surface area contributed by atoms with Crippen LogP contribution >= 0.6 is 15.9 Å². The highest BCUT2D eigenvalue weighted by Crippen LogP contribution is 2.28. The summed E-state index contributed by atoms with van der Waals surface area (Å²) in [6.07, 6.45) is 1.35. The maximum absolute atomic E-state index is 10.5. The van der Waals surface area contributed by atoms with Gasteiger partial charge in [-0.15, -0.1) is 0 Å². The maximum atomic E-state index is 10.5. The Morgan fingerprint density at radius 3 is 2.83 bits per heavy atom. The highest BCUT2D eigenvalue weighted by atomic mass is 79.9. The lowest BCUT2D eigenvalue weighted by Gasteiger charge is -1.99. The minimum absolute atomic E-state index is 0.469. The van der Waals surface area contributed by atoms with Crippen LogP contribution in [0.3, 0.4) is 0 Å². The number of carbonyl (C=O) groups excluding carboxylic acids is 1. The molecular formula is C13H10BrNO3. The van der Waals surface area contributed by atoms with E-state index in [1.54, 1.807) is 6.07 Å². The quantitative estimate of drug-likeness (QED) is 0.494. The van der Waals surface area contributed by atoms with Crippen LogP contribution in [0.5, 0.6) is 0 Å². The maximum Gasteiger partial charge on any atom is 0.331 e. The van der Waals surface area contributed by atoms with Gasteiger partial charge in [0.2, 0.25) is 0 Å². The van der Waals surface area contributed by atoms with Crippen molar-refractivity contribution in [3.63, 3.8) is 0 Å². The van der Waals surface area contributed by atoms with E-state index in [9.17, 15) is 4.79 Å². The third-order valence-corrected chi connectivity index (χ3v) is 2.82. The van der Waals surface area contributed by atoms with Crippen molar-refractivity contribution in [3.05, 3.63) is 46.6 Å². The van der Waals surface area contributed by atoms with Crippen molar-refractivity contribution in [1.29, 1.82) is 0 Å². The van der Waals surface area contributed by atoms with Gasteiger partial charge in [-0.25, -0.2) is 4.79 Å². The lowest BCUT2D eigenvalue weighted by Crippen LogP contribution is -1.90. The van der Waals surface area contributed by atoms with Crippen molar-refractivity contribution in [2.75, 3.05) is 0 Å². The van der Waals surface area contributed by atoms with Crippen LogP contribution in [-0.2, 0) is 9.63 Å². The number of nitrogens with zero attached hydrogens (tertiary/aromatic N) is 1. The van der Waals surface area contributed by atoms with Crippen LogP contribution in [0.15, 0.2) is 50.4 Å². The van der Waals surface area contributed by atoms with Crippen molar-refractivity contribution >= 4 is 28.1 Å². The Hall–Kier alpha value is -1.88. The normalized spacial score (nSPS) is 10.8. The number of benzene rings is 1. The highest BCUT2D eigenvalue weighted by molar-refractivity contribution is 9.10. The van der Waals surface area contributed by atoms with E-state index in [4.69, 9.17) is 4.42 Å². The van der Waals surface area contributed by atoms with E-state index < -0.39 is 5.97 Å². The molecule has 0 aliphatic rings. The standard InChI is InChI=1S/C13H10BrNO3/c1-9(16)18-15-8-10-6-7-13(17-10)11-4-2-3-5-12(11)14/h2-8H,1H3/b15-8-. The summed E-state index contributed by atoms with van der Waals surface area (Å²) in [6, 6.07) is 11.3. The number of hydrogen-bond donors (Lipinski definition) is 0. The first-order chi connectivity index (χ1) is 8.66. The van der Waals surface area contributed by atoms with Crippen LogP contribution in [0.25, 0.3) is 11.3 Å². The average molecular weight is 308 g/mol. The molecule has 0 amide bonds. The molecule has 5 heteroatoms. The second-order valence-corrected chi connectivity index (χ2v) is 4.35. The van der Waals surface area contributed by atoms with E-state index in [-0.39, 0.29) is 0 Å². The number of hydrogen-bond acceptors (Lipinski definition) is 4. The van der Waals surface area contributed by atoms with E-state index in [2.05, 4.69) is 25.9 Å². The van der Waals surface area contributed by atoms with Gasteiger partial charge in [0, 0.05) is 17.0 Å². The molecule has 0 saturated carbocycles. The molecule has 4 nitrogen and oxygen atoms in total. The smallest absolute Gasteiger partial charge is 0.331 e. The molecule has 18 heavy (non-hydrogen) atoms. The molecule has 1 aromatic carbocycles. The third kappa shape index (κ3) is 3.07. The summed E-state index contributed by atoms with van der Waals surface area (Å²) in [6.45, 7) is 1.28. The molecule has 0 spiro atoms. The summed E-state index contributed by atoms with van der Waals surface area (Å²) in [5, 5.41) is 3.49. The number of halogens is 1. The Morgan fingerprint density at radius 1 is 1.33 bits per heavy atom. The van der Waals surface area contributed by atoms with E-state index in [0.29, 0.717) is 11.5 Å². The summed E-state index contributed by atoms with van der Waals surface area (Å²) in [5.74, 6) is 0.762. The second kappa shape index (κ2) is 5.64. The van der Waals surface area contributed by atoms with Crippen LogP contribution in [-0.4, -0.2) is 12.2 Å². The number of rotatable bonds is 3. The Kier molecular flexibility index (Phi) is 3.94. The SMILES string of the molecule is CC(=O)O/N=C\c1ccc(-c2ccccc2Br)o1. The van der Waals surface area contributed by atoms with Crippen molar-refractivity contribution in [2.24, 2.45) is 5.16 Å². The largest absolute Gasteiger partial charge is 0.455 e. The van der Waals surface area contributed by atoms with Gasteiger partial charge in [0.05, 0.1) is 0 Å². The van der Waals surface area contributed by atoms with Gasteiger partial charge >= 0.3 is 5.97 Å². The van der Waals surface area contributed by atoms with Gasteiger partial charge in [-0.2, -0.15) is 0 Å². The van der Waals surface area contributed by atoms with Crippen LogP contribution < -0.4 is 0 Å². The number of oxime groups is 1. The summed E-state index contributed by atoms with van der Waals surface area (Å²) >= 11 is 3.45. The van der Waals surface area contributed by atoms with Crippen molar-refractivity contribution in [2.45, 2.75) is 6.92 Å². The molecule has 2 aromatic rings. The average Bonchev–Trinajstić information content (AvgIpc) is 2.78. The lowest BCUT2D eigenvalue weighted by molar-refractivity contribution is -0.140. The zero-order valence-electron chi connectivity index (χ0n) is 9.59. The van der Waals surface area contributed by atoms with Crippen molar-refractivity contribution in [1.82, 2.24) is 0 Å². The number of carbonyl (C=O) groups is 1. The van der Waals surface area contributed by atoms with Crippen LogP contribution in [0.4, 0.5) is 0 Å². The van der Waals surface area contributed by atoms with E-state index in [1.165, 1.54) is 13.1 Å². The lowest BCUT2D eigenvalue weighted by atomic mass is 10.2. The van der Waals surface area contributed by atoms with Crippen molar-refractivity contribution < 1.29 is 14.0 Å². The molecule has 2 rings (SSSR count). The van der Waals surface area contributed by atoms with Crippen molar-refractivity contribution in [3.8, 4) is 11.3 Å². The Balaban J connectivity index is 2.18. The summed E-state index contributed by atoms with van der Waals surface area (Å²) in [5.41, 5.74) is 0.949. The summed E-state index contributed by atoms with van der Waals surface area (Å²) in [7, 11) is 0. The minimum atomic E-state index is -0.469. The van der Waals surface area contributed by atoms with Gasteiger partial charge in [0.15, 0.2) is 0 Å². The molecule has 0 bridgehead atoms. The van der Waals surface area contributed by atoms with Gasteiger partial charge in [-0.05, 0) is 18.2 Å². The van der Waals surface area contributed by atoms with Gasteiger partial charge in [0.25, 0.3) is 0 Å². The molecular weight excluding hydrogens is 298 g/mol. The predicted octanol–water partition coefficient (Wildman–Crippen LogP) is 3.61. The second-order valence-electron chi connectivity index (χ2n) is 3.50. The van der Waals surface area contributed by atoms with Crippen LogP contribution in [0.2, 0.25) is 0 Å². The molecule has 0 aliphatic carbocycles. The first kappa shape index (κ1) is 12.6. The highest BCUT2D eigenvalue weighted by Gasteiger charge is 2.06. The molecule has 0 radical (unpaired) electrons. The fraction of sp³-hybridized carbons (Fsp3) is 0.0769. The molecule has 0 N–H and O–H groups in total. The zero-order valence-corrected chi connectivity index (χ0v) is 11.2. The minimum Gasteiger partial charge on any atom is -0.455 e. The fourth-order valence-electron chi connectivity index (χ4n) is 1.38. The van der Waals surface area contributed by atoms with Gasteiger partial charge < -0.3 is 9.25 Å². The number of furan rings is 1. The Morgan fingerprint density at radius 2 is 2.11 bits per heavy atom. The first-order valence-corrected chi connectivity index (χ1v) is 6.02. The molecule has 0 unspecified atom stereocenters. The van der Waals surface area contributed by atoms with E-state index >= 15 is 0 Å². The topological polar surface area (TPSA) is 51.8 Å². The predicted molar refractivity (Wildman–Crippen MR) is 71.2 cm³/mol.